The van der Waals surface area contributed by atoms with Crippen LogP contribution in [0.15, 0.2) is 11.6 Å². The van der Waals surface area contributed by atoms with Gasteiger partial charge in [-0.1, -0.05) is 26.8 Å². The van der Waals surface area contributed by atoms with Crippen molar-refractivity contribution < 1.29 is 9.16 Å². The van der Waals surface area contributed by atoms with E-state index in [1.54, 1.807) is 0 Å². The number of hydrogen-bond donors (Lipinski definition) is 0. The average Bonchev–Trinajstić information content (AvgIpc) is 2.89. The van der Waals surface area contributed by atoms with Crippen LogP contribution in [0.3, 0.4) is 0 Å². The molecule has 0 aromatic heterocycles. The molecular weight excluding hydrogens is 240 g/mol. The summed E-state index contributed by atoms with van der Waals surface area (Å²) in [6, 6.07) is 0. The topological polar surface area (TPSA) is 21.8 Å². The molecular formula is C15H28O2Si. The van der Waals surface area contributed by atoms with Gasteiger partial charge in [-0.25, -0.2) is 0 Å². The Morgan fingerprint density at radius 2 is 2.11 bits per heavy atom. The molecule has 2 fully saturated rings. The minimum atomic E-state index is -1.60. The second-order valence-corrected chi connectivity index (χ2v) is 12.3. The molecule has 1 saturated carbocycles. The van der Waals surface area contributed by atoms with Crippen LogP contribution in [0.1, 0.15) is 47.0 Å². The van der Waals surface area contributed by atoms with Gasteiger partial charge in [-0.3, -0.25) is 0 Å². The molecule has 18 heavy (non-hydrogen) atoms. The lowest BCUT2D eigenvalue weighted by molar-refractivity contribution is 0.305. The SMILES string of the molecule is CC(C)(C)[Si](C)(C)OCC=C1CCC[C@]2(C)O[C@H]12. The van der Waals surface area contributed by atoms with Gasteiger partial charge >= 0.3 is 0 Å². The summed E-state index contributed by atoms with van der Waals surface area (Å²) in [4.78, 5) is 0. The van der Waals surface area contributed by atoms with Crippen LogP contribution in [0, 0.1) is 0 Å². The molecule has 1 saturated heterocycles. The Morgan fingerprint density at radius 3 is 2.72 bits per heavy atom. The second-order valence-electron chi connectivity index (χ2n) is 7.51. The van der Waals surface area contributed by atoms with Gasteiger partial charge in [0.2, 0.25) is 0 Å². The fraction of sp³-hybridized carbons (Fsp3) is 0.867. The third kappa shape index (κ3) is 2.73. The number of hydrogen-bond acceptors (Lipinski definition) is 2. The van der Waals surface area contributed by atoms with E-state index in [-0.39, 0.29) is 5.60 Å². The van der Waals surface area contributed by atoms with Crippen molar-refractivity contribution in [1.82, 2.24) is 0 Å². The normalized spacial score (nSPS) is 34.6. The van der Waals surface area contributed by atoms with E-state index < -0.39 is 8.32 Å². The van der Waals surface area contributed by atoms with E-state index in [2.05, 4.69) is 46.9 Å². The first-order chi connectivity index (χ1) is 8.16. The summed E-state index contributed by atoms with van der Waals surface area (Å²) in [5.74, 6) is 0. The molecule has 0 spiro atoms. The van der Waals surface area contributed by atoms with Gasteiger partial charge in [-0.2, -0.15) is 0 Å². The van der Waals surface area contributed by atoms with Crippen LogP contribution in [0.2, 0.25) is 18.1 Å². The quantitative estimate of drug-likeness (QED) is 0.433. The standard InChI is InChI=1S/C15H28O2Si/c1-14(2,3)18(5,6)16-11-9-12-8-7-10-15(4)13(12)17-15/h9,13H,7-8,10-11H2,1-6H3/t13-,15+/m1/s1. The third-order valence-electron chi connectivity index (χ3n) is 4.96. The molecule has 2 rings (SSSR count). The van der Waals surface area contributed by atoms with Crippen LogP contribution in [0.4, 0.5) is 0 Å². The molecule has 0 unspecified atom stereocenters. The van der Waals surface area contributed by atoms with Gasteiger partial charge in [0.05, 0.1) is 12.2 Å². The molecule has 3 heteroatoms. The van der Waals surface area contributed by atoms with E-state index >= 15 is 0 Å². The highest BCUT2D eigenvalue weighted by atomic mass is 28.4. The third-order valence-corrected chi connectivity index (χ3v) is 9.46. The number of fused-ring (bicyclic) bond motifs is 1. The lowest BCUT2D eigenvalue weighted by atomic mass is 9.87. The Hall–Kier alpha value is -0.123. The lowest BCUT2D eigenvalue weighted by Gasteiger charge is -2.35. The monoisotopic (exact) mass is 268 g/mol. The highest BCUT2D eigenvalue weighted by Gasteiger charge is 2.55. The summed E-state index contributed by atoms with van der Waals surface area (Å²) in [6.07, 6.45) is 6.36. The molecule has 0 radical (unpaired) electrons. The van der Waals surface area contributed by atoms with Crippen LogP contribution < -0.4 is 0 Å². The van der Waals surface area contributed by atoms with Gasteiger partial charge in [0.15, 0.2) is 8.32 Å². The molecule has 0 N–H and O–H groups in total. The summed E-state index contributed by atoms with van der Waals surface area (Å²) in [5, 5.41) is 0.294. The average molecular weight is 268 g/mol. The number of ether oxygens (including phenoxy) is 1. The predicted molar refractivity (Wildman–Crippen MR) is 78.4 cm³/mol. The summed E-state index contributed by atoms with van der Waals surface area (Å²) in [7, 11) is -1.60. The van der Waals surface area contributed by atoms with E-state index in [1.807, 2.05) is 0 Å². The molecule has 1 aliphatic carbocycles. The minimum Gasteiger partial charge on any atom is -0.413 e. The van der Waals surface area contributed by atoms with Crippen molar-refractivity contribution in [2.45, 2.75) is 76.8 Å². The molecule has 0 aromatic carbocycles. The van der Waals surface area contributed by atoms with Crippen molar-refractivity contribution in [2.75, 3.05) is 6.61 Å². The summed E-state index contributed by atoms with van der Waals surface area (Å²) >= 11 is 0. The zero-order chi connectivity index (χ0) is 13.6. The van der Waals surface area contributed by atoms with Gasteiger partial charge in [0.1, 0.15) is 6.10 Å². The van der Waals surface area contributed by atoms with E-state index in [9.17, 15) is 0 Å². The van der Waals surface area contributed by atoms with Crippen LogP contribution in [-0.4, -0.2) is 26.6 Å². The summed E-state index contributed by atoms with van der Waals surface area (Å²) < 4.78 is 12.0. The molecule has 1 heterocycles. The molecule has 2 atom stereocenters. The maximum Gasteiger partial charge on any atom is 0.192 e. The Kier molecular flexibility index (Phi) is 3.54. The first-order valence-electron chi connectivity index (χ1n) is 7.16. The molecule has 104 valence electrons. The molecule has 1 aliphatic heterocycles. The van der Waals surface area contributed by atoms with Crippen molar-refractivity contribution in [3.05, 3.63) is 11.6 Å². The van der Waals surface area contributed by atoms with Crippen molar-refractivity contribution >= 4 is 8.32 Å². The minimum absolute atomic E-state index is 0.168. The molecule has 2 aliphatic rings. The second kappa shape index (κ2) is 4.46. The zero-order valence-electron chi connectivity index (χ0n) is 12.8. The Labute approximate surface area is 113 Å². The summed E-state index contributed by atoms with van der Waals surface area (Å²) in [5.41, 5.74) is 1.64. The first kappa shape index (κ1) is 14.3. The van der Waals surface area contributed by atoms with E-state index in [1.165, 1.54) is 24.8 Å². The van der Waals surface area contributed by atoms with E-state index in [4.69, 9.17) is 9.16 Å². The van der Waals surface area contributed by atoms with Gasteiger partial charge in [0, 0.05) is 0 Å². The van der Waals surface area contributed by atoms with Gasteiger partial charge in [-0.15, -0.1) is 0 Å². The predicted octanol–water partition coefficient (Wildman–Crippen LogP) is 4.28. The lowest BCUT2D eigenvalue weighted by Crippen LogP contribution is -2.40. The summed E-state index contributed by atoms with van der Waals surface area (Å²) in [6.45, 7) is 14.5. The Balaban J connectivity index is 1.89. The van der Waals surface area contributed by atoms with Crippen molar-refractivity contribution in [3.8, 4) is 0 Å². The fourth-order valence-corrected chi connectivity index (χ4v) is 3.38. The zero-order valence-corrected chi connectivity index (χ0v) is 13.8. The molecule has 0 bridgehead atoms. The van der Waals surface area contributed by atoms with Crippen LogP contribution >= 0.6 is 0 Å². The maximum absolute atomic E-state index is 6.20. The molecule has 0 amide bonds. The van der Waals surface area contributed by atoms with Crippen LogP contribution in [-0.2, 0) is 9.16 Å². The highest BCUT2D eigenvalue weighted by Crippen LogP contribution is 2.50. The van der Waals surface area contributed by atoms with Crippen molar-refractivity contribution in [3.63, 3.8) is 0 Å². The number of epoxide rings is 1. The fourth-order valence-electron chi connectivity index (χ4n) is 2.45. The Bertz CT molecular complexity index is 354. The van der Waals surface area contributed by atoms with Gasteiger partial charge in [-0.05, 0) is 49.9 Å². The molecule has 2 nitrogen and oxygen atoms in total. The smallest absolute Gasteiger partial charge is 0.192 e. The largest absolute Gasteiger partial charge is 0.413 e. The molecule has 0 aromatic rings. The van der Waals surface area contributed by atoms with E-state index in [0.717, 1.165) is 6.61 Å². The maximum atomic E-state index is 6.20. The van der Waals surface area contributed by atoms with E-state index in [0.29, 0.717) is 11.1 Å². The van der Waals surface area contributed by atoms with Crippen LogP contribution in [0.5, 0.6) is 0 Å². The van der Waals surface area contributed by atoms with Crippen molar-refractivity contribution in [1.29, 1.82) is 0 Å². The van der Waals surface area contributed by atoms with Gasteiger partial charge < -0.3 is 9.16 Å². The first-order valence-corrected chi connectivity index (χ1v) is 10.1. The Morgan fingerprint density at radius 1 is 1.44 bits per heavy atom. The van der Waals surface area contributed by atoms with Crippen LogP contribution in [0.25, 0.3) is 0 Å². The van der Waals surface area contributed by atoms with Gasteiger partial charge in [0.25, 0.3) is 0 Å². The highest BCUT2D eigenvalue weighted by molar-refractivity contribution is 6.74. The number of rotatable bonds is 3. The van der Waals surface area contributed by atoms with Crippen molar-refractivity contribution in [2.24, 2.45) is 0 Å².